The molecule has 5 fully saturated rings. The number of hydrogen-bond donors (Lipinski definition) is 5. The summed E-state index contributed by atoms with van der Waals surface area (Å²) in [6, 6.07) is 6.65. The van der Waals surface area contributed by atoms with Crippen LogP contribution in [-0.4, -0.2) is 127 Å². The number of carbonyl (C=O) groups excluding carboxylic acids is 2. The van der Waals surface area contributed by atoms with Crippen LogP contribution in [0.25, 0.3) is 0 Å². The number of aliphatic hydroxyl groups excluding tert-OH is 4. The highest BCUT2D eigenvalue weighted by Crippen LogP contribution is 2.68. The molecule has 18 atom stereocenters. The van der Waals surface area contributed by atoms with E-state index >= 15 is 0 Å². The van der Waals surface area contributed by atoms with Crippen molar-refractivity contribution in [3.05, 3.63) is 41.5 Å². The summed E-state index contributed by atoms with van der Waals surface area (Å²) in [6.45, 7) is 15.7. The highest BCUT2D eigenvalue weighted by atomic mass is 16.7. The van der Waals surface area contributed by atoms with Gasteiger partial charge in [-0.25, -0.2) is 4.79 Å². The fourth-order valence-electron chi connectivity index (χ4n) is 12.9. The van der Waals surface area contributed by atoms with E-state index in [4.69, 9.17) is 33.2 Å². The van der Waals surface area contributed by atoms with Crippen LogP contribution in [0.15, 0.2) is 35.9 Å². The molecule has 7 rings (SSSR count). The Labute approximate surface area is 380 Å². The van der Waals surface area contributed by atoms with Crippen molar-refractivity contribution < 1.29 is 63.2 Å². The van der Waals surface area contributed by atoms with Gasteiger partial charge in [-0.2, -0.15) is 0 Å². The van der Waals surface area contributed by atoms with Gasteiger partial charge in [-0.3, -0.25) is 4.79 Å². The Morgan fingerprint density at radius 2 is 1.56 bits per heavy atom. The SMILES string of the molecule is COc1ccc(C(=O)O[C@H]2[C@H](O[C@@H]3[C@@H](OC(C)=O)[C@H](O[C@H]4CC5C6CC=C7C[C@@H](O)CC[C@]7(C)C6CC[C@]5(C)[C@H]4[C@H](C)CCC[C@@H](C)CNC(C)C)OC[C@@H]3O)OC[C@@H](O)[C@@H]2O)cc1. The Hall–Kier alpha value is -2.66. The van der Waals surface area contributed by atoms with Gasteiger partial charge in [0.05, 0.1) is 38.1 Å². The number of carbonyl (C=O) groups is 2. The maximum absolute atomic E-state index is 13.3. The average Bonchev–Trinajstić information content (AvgIpc) is 3.56. The molecule has 6 aliphatic rings. The van der Waals surface area contributed by atoms with Crippen molar-refractivity contribution in [2.24, 2.45) is 46.3 Å². The van der Waals surface area contributed by atoms with Gasteiger partial charge in [0.2, 0.25) is 0 Å². The summed E-state index contributed by atoms with van der Waals surface area (Å²) in [6.07, 6.45) is 0.846. The second-order valence-corrected chi connectivity index (χ2v) is 21.0. The molecule has 3 unspecified atom stereocenters. The van der Waals surface area contributed by atoms with E-state index in [1.807, 2.05) is 0 Å². The van der Waals surface area contributed by atoms with Crippen molar-refractivity contribution in [1.29, 1.82) is 0 Å². The number of benzene rings is 1. The van der Waals surface area contributed by atoms with Crippen LogP contribution < -0.4 is 10.1 Å². The number of ether oxygens (including phenoxy) is 7. The predicted octanol–water partition coefficient (Wildman–Crippen LogP) is 5.71. The molecule has 64 heavy (non-hydrogen) atoms. The number of fused-ring (bicyclic) bond motifs is 5. The maximum Gasteiger partial charge on any atom is 0.338 e. The molecule has 360 valence electrons. The van der Waals surface area contributed by atoms with E-state index in [-0.39, 0.29) is 47.7 Å². The standard InChI is InChI=1S/C50H77NO13/c1-27(2)51-24-28(3)10-9-11-29(4)41-40(23-37-35-17-14-32-22-33(53)18-20-49(32,6)36(35)19-21-50(37,41)7)62-48-45(61-30(5)52)43(39(55)26-60-48)64-47-44(42(56)38(54)25-59-47)63-46(57)31-12-15-34(58-8)16-13-31/h12-16,27-29,33,35-45,47-48,51,53-56H,9-11,17-26H2,1-8H3/t28-,29-,33+,35?,36?,37?,38-,39+,40+,41+,42+,43+,44-,45-,47+,48+,49+,50+/m1/s1. The Morgan fingerprint density at radius 1 is 0.859 bits per heavy atom. The summed E-state index contributed by atoms with van der Waals surface area (Å²) in [5.41, 5.74) is 1.64. The van der Waals surface area contributed by atoms with Crippen molar-refractivity contribution in [1.82, 2.24) is 5.32 Å². The van der Waals surface area contributed by atoms with Crippen LogP contribution in [0.3, 0.4) is 0 Å². The van der Waals surface area contributed by atoms with Crippen LogP contribution in [0.2, 0.25) is 0 Å². The first-order valence-corrected chi connectivity index (χ1v) is 24.1. The van der Waals surface area contributed by atoms with E-state index in [0.29, 0.717) is 41.4 Å². The number of aliphatic hydroxyl groups is 4. The smallest absolute Gasteiger partial charge is 0.338 e. The summed E-state index contributed by atoms with van der Waals surface area (Å²) in [4.78, 5) is 26.2. The van der Waals surface area contributed by atoms with Gasteiger partial charge in [-0.05, 0) is 129 Å². The molecule has 2 saturated heterocycles. The first kappa shape index (κ1) is 49.3. The van der Waals surface area contributed by atoms with Gasteiger partial charge in [0, 0.05) is 13.0 Å². The quantitative estimate of drug-likeness (QED) is 0.100. The Bertz CT molecular complexity index is 1760. The summed E-state index contributed by atoms with van der Waals surface area (Å²) in [5, 5.41) is 47.4. The summed E-state index contributed by atoms with van der Waals surface area (Å²) in [7, 11) is 1.51. The molecule has 0 aromatic heterocycles. The first-order valence-electron chi connectivity index (χ1n) is 24.1. The molecular weight excluding hydrogens is 823 g/mol. The summed E-state index contributed by atoms with van der Waals surface area (Å²) < 4.78 is 42.5. The Balaban J connectivity index is 1.13. The second-order valence-electron chi connectivity index (χ2n) is 21.0. The van der Waals surface area contributed by atoms with Crippen LogP contribution in [-0.2, 0) is 33.2 Å². The molecule has 5 N–H and O–H groups in total. The monoisotopic (exact) mass is 900 g/mol. The highest BCUT2D eigenvalue weighted by Gasteiger charge is 2.63. The first-order chi connectivity index (χ1) is 30.4. The van der Waals surface area contributed by atoms with E-state index in [2.05, 4.69) is 52.9 Å². The van der Waals surface area contributed by atoms with Crippen molar-refractivity contribution in [2.75, 3.05) is 26.9 Å². The molecule has 4 aliphatic carbocycles. The maximum atomic E-state index is 13.3. The van der Waals surface area contributed by atoms with Gasteiger partial charge < -0.3 is 58.9 Å². The fraction of sp³-hybridized carbons (Fsp3) is 0.800. The number of nitrogens with one attached hydrogen (secondary N) is 1. The van der Waals surface area contributed by atoms with Crippen LogP contribution in [0.1, 0.15) is 123 Å². The zero-order valence-corrected chi connectivity index (χ0v) is 39.4. The highest BCUT2D eigenvalue weighted by molar-refractivity contribution is 5.89. The van der Waals surface area contributed by atoms with Gasteiger partial charge in [0.15, 0.2) is 24.8 Å². The number of allylic oxidation sites excluding steroid dienone is 1. The van der Waals surface area contributed by atoms with Crippen LogP contribution in [0.5, 0.6) is 5.75 Å². The molecule has 1 aromatic carbocycles. The minimum Gasteiger partial charge on any atom is -0.497 e. The summed E-state index contributed by atoms with van der Waals surface area (Å²) >= 11 is 0. The largest absolute Gasteiger partial charge is 0.497 e. The number of methoxy groups -OCH3 is 1. The molecule has 0 spiro atoms. The molecule has 14 nitrogen and oxygen atoms in total. The van der Waals surface area contributed by atoms with Crippen molar-refractivity contribution in [3.63, 3.8) is 0 Å². The third kappa shape index (κ3) is 10.4. The fourth-order valence-corrected chi connectivity index (χ4v) is 12.9. The third-order valence-corrected chi connectivity index (χ3v) is 16.3. The summed E-state index contributed by atoms with van der Waals surface area (Å²) in [5.74, 6) is 1.48. The molecule has 14 heteroatoms. The molecule has 0 bridgehead atoms. The molecule has 2 heterocycles. The zero-order chi connectivity index (χ0) is 46.1. The van der Waals surface area contributed by atoms with E-state index in [9.17, 15) is 30.0 Å². The molecule has 1 aromatic rings. The van der Waals surface area contributed by atoms with Crippen molar-refractivity contribution in [2.45, 2.75) is 180 Å². The normalized spacial score (nSPS) is 40.6. The average molecular weight is 900 g/mol. The van der Waals surface area contributed by atoms with Crippen molar-refractivity contribution >= 4 is 11.9 Å². The molecule has 2 aliphatic heterocycles. The van der Waals surface area contributed by atoms with Gasteiger partial charge in [-0.15, -0.1) is 0 Å². The lowest BCUT2D eigenvalue weighted by Crippen LogP contribution is -2.62. The lowest BCUT2D eigenvalue weighted by molar-refractivity contribution is -0.340. The molecule has 3 saturated carbocycles. The van der Waals surface area contributed by atoms with Gasteiger partial charge in [0.1, 0.15) is 30.2 Å². The lowest BCUT2D eigenvalue weighted by atomic mass is 9.47. The van der Waals surface area contributed by atoms with Crippen LogP contribution >= 0.6 is 0 Å². The minimum absolute atomic E-state index is 0.0269. The zero-order valence-electron chi connectivity index (χ0n) is 39.4. The van der Waals surface area contributed by atoms with Gasteiger partial charge in [-0.1, -0.05) is 66.0 Å². The topological polar surface area (TPSA) is 192 Å². The molecular formula is C50H77NO13. The lowest BCUT2D eigenvalue weighted by Gasteiger charge is -2.58. The van der Waals surface area contributed by atoms with E-state index < -0.39 is 61.1 Å². The Kier molecular flexibility index (Phi) is 15.9. The Morgan fingerprint density at radius 3 is 2.25 bits per heavy atom. The number of rotatable bonds is 16. The van der Waals surface area contributed by atoms with Crippen LogP contribution in [0, 0.1) is 46.3 Å². The number of esters is 2. The van der Waals surface area contributed by atoms with E-state index in [0.717, 1.165) is 70.8 Å². The molecule has 0 radical (unpaired) electrons. The van der Waals surface area contributed by atoms with Crippen LogP contribution in [0.4, 0.5) is 0 Å². The third-order valence-electron chi connectivity index (χ3n) is 16.3. The van der Waals surface area contributed by atoms with Gasteiger partial charge >= 0.3 is 11.9 Å². The van der Waals surface area contributed by atoms with E-state index in [1.54, 1.807) is 12.1 Å². The van der Waals surface area contributed by atoms with Gasteiger partial charge in [0.25, 0.3) is 0 Å². The molecule has 0 amide bonds. The minimum atomic E-state index is -1.59. The van der Waals surface area contributed by atoms with E-state index in [1.165, 1.54) is 31.7 Å². The number of hydrogen-bond acceptors (Lipinski definition) is 14. The predicted molar refractivity (Wildman–Crippen MR) is 237 cm³/mol. The second kappa shape index (κ2) is 20.7. The van der Waals surface area contributed by atoms with Crippen molar-refractivity contribution in [3.8, 4) is 5.75 Å².